The average molecular weight is 325 g/mol. The lowest BCUT2D eigenvalue weighted by Gasteiger charge is -2.27. The average Bonchev–Trinajstić information content (AvgIpc) is 2.43. The molecular weight excluding hydrogens is 304 g/mol. The van der Waals surface area contributed by atoms with Crippen LogP contribution in [0.15, 0.2) is 22.7 Å². The number of carbonyl (C=O) groups is 1. The molecule has 2 rings (SSSR count). The number of hydrogen-bond donors (Lipinski definition) is 1. The van der Waals surface area contributed by atoms with Gasteiger partial charge in [-0.25, -0.2) is 0 Å². The lowest BCUT2D eigenvalue weighted by molar-refractivity contribution is -0.135. The summed E-state index contributed by atoms with van der Waals surface area (Å²) in [5.74, 6) is 0.472. The van der Waals surface area contributed by atoms with Gasteiger partial charge in [0.2, 0.25) is 5.91 Å². The van der Waals surface area contributed by atoms with Gasteiger partial charge in [0.05, 0.1) is 0 Å². The van der Waals surface area contributed by atoms with Gasteiger partial charge in [0.25, 0.3) is 0 Å². The quantitative estimate of drug-likeness (QED) is 0.927. The molecule has 1 aliphatic heterocycles. The topological polar surface area (TPSA) is 32.3 Å². The molecule has 1 N–H and O–H groups in total. The normalized spacial score (nSPS) is 16.4. The first kappa shape index (κ1) is 14.5. The van der Waals surface area contributed by atoms with E-state index in [1.807, 2.05) is 18.0 Å². The maximum Gasteiger partial charge on any atom is 0.225 e. The summed E-state index contributed by atoms with van der Waals surface area (Å²) < 4.78 is 1.07. The van der Waals surface area contributed by atoms with Crippen molar-refractivity contribution >= 4 is 21.8 Å². The first-order valence-electron chi connectivity index (χ1n) is 6.78. The molecule has 1 aromatic rings. The van der Waals surface area contributed by atoms with Crippen LogP contribution >= 0.6 is 15.9 Å². The van der Waals surface area contributed by atoms with Crippen LogP contribution in [0.1, 0.15) is 24.0 Å². The number of benzene rings is 1. The summed E-state index contributed by atoms with van der Waals surface area (Å²) in [6.45, 7) is 4.69. The maximum absolute atomic E-state index is 12.4. The molecule has 104 valence electrons. The predicted molar refractivity (Wildman–Crippen MR) is 80.9 cm³/mol. The molecular formula is C15H21BrN2O. The molecule has 0 bridgehead atoms. The fraction of sp³-hybridized carbons (Fsp3) is 0.533. The molecule has 3 nitrogen and oxygen atoms in total. The number of amides is 1. The van der Waals surface area contributed by atoms with E-state index in [-0.39, 0.29) is 11.8 Å². The third-order valence-corrected chi connectivity index (χ3v) is 4.28. The van der Waals surface area contributed by atoms with E-state index < -0.39 is 0 Å². The van der Waals surface area contributed by atoms with E-state index in [2.05, 4.69) is 40.3 Å². The van der Waals surface area contributed by atoms with Crippen molar-refractivity contribution in [3.63, 3.8) is 0 Å². The highest BCUT2D eigenvalue weighted by atomic mass is 79.9. The molecule has 1 fully saturated rings. The SMILES string of the molecule is Cc1ccc(Br)cc1CN(C)C(=O)C1CCNCC1. The van der Waals surface area contributed by atoms with Crippen molar-refractivity contribution in [2.75, 3.05) is 20.1 Å². The lowest BCUT2D eigenvalue weighted by atomic mass is 9.96. The molecule has 19 heavy (non-hydrogen) atoms. The number of piperidine rings is 1. The van der Waals surface area contributed by atoms with Crippen molar-refractivity contribution in [2.45, 2.75) is 26.3 Å². The first-order chi connectivity index (χ1) is 9.08. The number of aryl methyl sites for hydroxylation is 1. The molecule has 1 amide bonds. The van der Waals surface area contributed by atoms with Crippen molar-refractivity contribution in [3.05, 3.63) is 33.8 Å². The minimum Gasteiger partial charge on any atom is -0.341 e. The van der Waals surface area contributed by atoms with E-state index in [0.29, 0.717) is 6.54 Å². The highest BCUT2D eigenvalue weighted by Crippen LogP contribution is 2.20. The van der Waals surface area contributed by atoms with Crippen molar-refractivity contribution in [1.29, 1.82) is 0 Å². The number of halogens is 1. The van der Waals surface area contributed by atoms with Gasteiger partial charge in [0.15, 0.2) is 0 Å². The Hall–Kier alpha value is -0.870. The summed E-state index contributed by atoms with van der Waals surface area (Å²) in [7, 11) is 1.91. The zero-order chi connectivity index (χ0) is 13.8. The first-order valence-corrected chi connectivity index (χ1v) is 7.58. The number of nitrogens with zero attached hydrogens (tertiary/aromatic N) is 1. The van der Waals surface area contributed by atoms with Crippen LogP contribution in [0.4, 0.5) is 0 Å². The van der Waals surface area contributed by atoms with Gasteiger partial charge in [0, 0.05) is 24.0 Å². The maximum atomic E-state index is 12.4. The van der Waals surface area contributed by atoms with Crippen LogP contribution in [0.3, 0.4) is 0 Å². The van der Waals surface area contributed by atoms with Gasteiger partial charge < -0.3 is 10.2 Å². The zero-order valence-electron chi connectivity index (χ0n) is 11.6. The van der Waals surface area contributed by atoms with Crippen LogP contribution in [0.25, 0.3) is 0 Å². The van der Waals surface area contributed by atoms with Crippen LogP contribution in [0, 0.1) is 12.8 Å². The van der Waals surface area contributed by atoms with Crippen molar-refractivity contribution in [1.82, 2.24) is 10.2 Å². The zero-order valence-corrected chi connectivity index (χ0v) is 13.2. The molecule has 1 aromatic carbocycles. The van der Waals surface area contributed by atoms with Gasteiger partial charge in [-0.3, -0.25) is 4.79 Å². The molecule has 4 heteroatoms. The molecule has 1 heterocycles. The fourth-order valence-electron chi connectivity index (χ4n) is 2.52. The van der Waals surface area contributed by atoms with Gasteiger partial charge in [-0.15, -0.1) is 0 Å². The van der Waals surface area contributed by atoms with Crippen LogP contribution < -0.4 is 5.32 Å². The van der Waals surface area contributed by atoms with Gasteiger partial charge in [-0.1, -0.05) is 22.0 Å². The Bertz CT molecular complexity index is 455. The van der Waals surface area contributed by atoms with E-state index in [1.54, 1.807) is 0 Å². The van der Waals surface area contributed by atoms with Gasteiger partial charge in [0.1, 0.15) is 0 Å². The summed E-state index contributed by atoms with van der Waals surface area (Å²) in [5, 5.41) is 3.30. The molecule has 0 aromatic heterocycles. The Balaban J connectivity index is 2.01. The Morgan fingerprint density at radius 3 is 2.79 bits per heavy atom. The molecule has 1 aliphatic rings. The van der Waals surface area contributed by atoms with E-state index in [4.69, 9.17) is 0 Å². The van der Waals surface area contributed by atoms with Gasteiger partial charge in [-0.05, 0) is 56.1 Å². The largest absolute Gasteiger partial charge is 0.341 e. The second-order valence-electron chi connectivity index (χ2n) is 5.29. The monoisotopic (exact) mass is 324 g/mol. The van der Waals surface area contributed by atoms with Crippen LogP contribution in [-0.2, 0) is 11.3 Å². The minimum absolute atomic E-state index is 0.193. The summed E-state index contributed by atoms with van der Waals surface area (Å²) >= 11 is 3.49. The molecule has 0 saturated carbocycles. The highest BCUT2D eigenvalue weighted by molar-refractivity contribution is 9.10. The van der Waals surface area contributed by atoms with Gasteiger partial charge >= 0.3 is 0 Å². The van der Waals surface area contributed by atoms with Crippen LogP contribution in [0.2, 0.25) is 0 Å². The third-order valence-electron chi connectivity index (χ3n) is 3.78. The molecule has 0 radical (unpaired) electrons. The van der Waals surface area contributed by atoms with Crippen LogP contribution in [-0.4, -0.2) is 30.9 Å². The molecule has 1 saturated heterocycles. The van der Waals surface area contributed by atoms with E-state index in [0.717, 1.165) is 30.4 Å². The Labute approximate surface area is 123 Å². The number of nitrogens with one attached hydrogen (secondary N) is 1. The number of rotatable bonds is 3. The highest BCUT2D eigenvalue weighted by Gasteiger charge is 2.24. The van der Waals surface area contributed by atoms with Crippen LogP contribution in [0.5, 0.6) is 0 Å². The van der Waals surface area contributed by atoms with Crippen molar-refractivity contribution in [2.24, 2.45) is 5.92 Å². The van der Waals surface area contributed by atoms with Gasteiger partial charge in [-0.2, -0.15) is 0 Å². The predicted octanol–water partition coefficient (Wildman–Crippen LogP) is 2.72. The summed E-state index contributed by atoms with van der Waals surface area (Å²) in [6, 6.07) is 6.22. The molecule has 0 aliphatic carbocycles. The third kappa shape index (κ3) is 3.80. The number of hydrogen-bond acceptors (Lipinski definition) is 2. The van der Waals surface area contributed by atoms with Crippen molar-refractivity contribution in [3.8, 4) is 0 Å². The van der Waals surface area contributed by atoms with E-state index in [9.17, 15) is 4.79 Å². The Morgan fingerprint density at radius 1 is 1.42 bits per heavy atom. The fourth-order valence-corrected chi connectivity index (χ4v) is 2.93. The molecule has 0 spiro atoms. The summed E-state index contributed by atoms with van der Waals surface area (Å²) in [4.78, 5) is 14.3. The summed E-state index contributed by atoms with van der Waals surface area (Å²) in [6.07, 6.45) is 1.92. The Morgan fingerprint density at radius 2 is 2.11 bits per heavy atom. The minimum atomic E-state index is 0.193. The standard InChI is InChI=1S/C15H21BrN2O/c1-11-3-4-14(16)9-13(11)10-18(2)15(19)12-5-7-17-8-6-12/h3-4,9,12,17H,5-8,10H2,1-2H3. The number of carbonyl (C=O) groups excluding carboxylic acids is 1. The lowest BCUT2D eigenvalue weighted by Crippen LogP contribution is -2.39. The van der Waals surface area contributed by atoms with E-state index in [1.165, 1.54) is 11.1 Å². The Kier molecular flexibility index (Phi) is 4.99. The second kappa shape index (κ2) is 6.53. The van der Waals surface area contributed by atoms with Crippen molar-refractivity contribution < 1.29 is 4.79 Å². The molecule has 0 unspecified atom stereocenters. The van der Waals surface area contributed by atoms with E-state index >= 15 is 0 Å². The smallest absolute Gasteiger partial charge is 0.225 e. The second-order valence-corrected chi connectivity index (χ2v) is 6.21. The molecule has 0 atom stereocenters. The summed E-state index contributed by atoms with van der Waals surface area (Å²) in [5.41, 5.74) is 2.44.